The third kappa shape index (κ3) is 4.01. The number of hydrogen-bond donors (Lipinski definition) is 1. The van der Waals surface area contributed by atoms with Crippen molar-refractivity contribution in [3.05, 3.63) is 52.9 Å². The topological polar surface area (TPSA) is 49.5 Å². The van der Waals surface area contributed by atoms with Gasteiger partial charge >= 0.3 is 0 Å². The van der Waals surface area contributed by atoms with Crippen molar-refractivity contribution < 1.29 is 9.63 Å². The second-order valence-electron chi connectivity index (χ2n) is 6.67. The number of aliphatic hydroxyl groups excluding tert-OH is 1. The van der Waals surface area contributed by atoms with Gasteiger partial charge in [0.1, 0.15) is 5.76 Å². The molecule has 1 atom stereocenters. The highest BCUT2D eigenvalue weighted by atomic mass is 16.5. The highest BCUT2D eigenvalue weighted by molar-refractivity contribution is 5.20. The van der Waals surface area contributed by atoms with E-state index in [9.17, 15) is 5.11 Å². The summed E-state index contributed by atoms with van der Waals surface area (Å²) in [5.74, 6) is 1.32. The molecule has 0 saturated carbocycles. The fourth-order valence-corrected chi connectivity index (χ4v) is 3.47. The maximum Gasteiger partial charge on any atom is 0.138 e. The van der Waals surface area contributed by atoms with Gasteiger partial charge in [0.05, 0.1) is 11.8 Å². The third-order valence-corrected chi connectivity index (χ3v) is 5.03. The summed E-state index contributed by atoms with van der Waals surface area (Å²) in [6.07, 6.45) is 2.63. The molecule has 0 aliphatic carbocycles. The molecule has 1 aliphatic heterocycles. The molecule has 1 fully saturated rings. The van der Waals surface area contributed by atoms with Crippen LogP contribution in [0.25, 0.3) is 0 Å². The smallest absolute Gasteiger partial charge is 0.138 e. The second kappa shape index (κ2) is 7.28. The van der Waals surface area contributed by atoms with Crippen molar-refractivity contribution in [3.63, 3.8) is 0 Å². The lowest BCUT2D eigenvalue weighted by atomic mass is 9.88. The summed E-state index contributed by atoms with van der Waals surface area (Å²) in [6, 6.07) is 10.3. The van der Waals surface area contributed by atoms with Crippen LogP contribution in [0.5, 0.6) is 0 Å². The van der Waals surface area contributed by atoms with Crippen molar-refractivity contribution in [1.82, 2.24) is 10.1 Å². The van der Waals surface area contributed by atoms with E-state index in [1.807, 2.05) is 32.0 Å². The minimum absolute atomic E-state index is 0.237. The molecule has 0 bridgehead atoms. The van der Waals surface area contributed by atoms with Crippen LogP contribution < -0.4 is 0 Å². The van der Waals surface area contributed by atoms with Gasteiger partial charge in [-0.05, 0) is 57.7 Å². The van der Waals surface area contributed by atoms with E-state index in [4.69, 9.17) is 4.52 Å². The minimum atomic E-state index is -0.237. The molecule has 1 N–H and O–H groups in total. The zero-order chi connectivity index (χ0) is 16.2. The molecular weight excluding hydrogens is 288 g/mol. The number of benzene rings is 1. The number of likely N-dealkylation sites (tertiary alicyclic amines) is 1. The maximum atomic E-state index is 10.5. The van der Waals surface area contributed by atoms with Crippen molar-refractivity contribution in [2.24, 2.45) is 5.92 Å². The molecular formula is C19H26N2O2. The minimum Gasteiger partial charge on any atom is -0.392 e. The summed E-state index contributed by atoms with van der Waals surface area (Å²) in [5, 5.41) is 14.5. The van der Waals surface area contributed by atoms with Gasteiger partial charge < -0.3 is 9.63 Å². The van der Waals surface area contributed by atoms with Crippen molar-refractivity contribution in [2.45, 2.75) is 45.8 Å². The van der Waals surface area contributed by atoms with E-state index in [0.29, 0.717) is 5.92 Å². The Kier molecular flexibility index (Phi) is 5.13. The summed E-state index contributed by atoms with van der Waals surface area (Å²) in [7, 11) is 0. The van der Waals surface area contributed by atoms with E-state index in [0.717, 1.165) is 50.4 Å². The zero-order valence-electron chi connectivity index (χ0n) is 14.0. The number of aromatic nitrogens is 1. The number of piperidine rings is 1. The van der Waals surface area contributed by atoms with Crippen LogP contribution in [-0.4, -0.2) is 34.4 Å². The largest absolute Gasteiger partial charge is 0.392 e. The van der Waals surface area contributed by atoms with Crippen LogP contribution in [0, 0.1) is 19.8 Å². The van der Waals surface area contributed by atoms with E-state index in [-0.39, 0.29) is 6.10 Å². The van der Waals surface area contributed by atoms with E-state index in [2.05, 4.69) is 22.2 Å². The van der Waals surface area contributed by atoms with Crippen LogP contribution in [0.15, 0.2) is 34.9 Å². The van der Waals surface area contributed by atoms with Gasteiger partial charge in [0.15, 0.2) is 0 Å². The standard InChI is InChI=1S/C19H26N2O2/c1-14-18(15(2)23-20-14)13-21-10-8-17(9-11-21)19(22)12-16-6-4-3-5-7-16/h3-7,17,19,22H,8-13H2,1-2H3. The molecule has 2 aromatic rings. The average Bonchev–Trinajstić information content (AvgIpc) is 2.88. The van der Waals surface area contributed by atoms with Gasteiger partial charge in [-0.15, -0.1) is 0 Å². The van der Waals surface area contributed by atoms with Crippen LogP contribution in [0.4, 0.5) is 0 Å². The van der Waals surface area contributed by atoms with Gasteiger partial charge in [-0.3, -0.25) is 4.90 Å². The normalized spacial score (nSPS) is 18.2. The quantitative estimate of drug-likeness (QED) is 0.921. The van der Waals surface area contributed by atoms with Crippen LogP contribution in [0.2, 0.25) is 0 Å². The Bertz CT molecular complexity index is 596. The molecule has 1 aromatic heterocycles. The van der Waals surface area contributed by atoms with Crippen molar-refractivity contribution in [2.75, 3.05) is 13.1 Å². The number of rotatable bonds is 5. The Hall–Kier alpha value is -1.65. The molecule has 1 aromatic carbocycles. The second-order valence-corrected chi connectivity index (χ2v) is 6.67. The van der Waals surface area contributed by atoms with Crippen molar-refractivity contribution >= 4 is 0 Å². The molecule has 4 heteroatoms. The van der Waals surface area contributed by atoms with Crippen LogP contribution in [-0.2, 0) is 13.0 Å². The molecule has 23 heavy (non-hydrogen) atoms. The highest BCUT2D eigenvalue weighted by Gasteiger charge is 2.26. The molecule has 124 valence electrons. The lowest BCUT2D eigenvalue weighted by Gasteiger charge is -2.34. The van der Waals surface area contributed by atoms with Gasteiger partial charge in [-0.1, -0.05) is 35.5 Å². The van der Waals surface area contributed by atoms with Crippen molar-refractivity contribution in [3.8, 4) is 0 Å². The maximum absolute atomic E-state index is 10.5. The number of nitrogens with zero attached hydrogens (tertiary/aromatic N) is 2. The van der Waals surface area contributed by atoms with Crippen LogP contribution >= 0.6 is 0 Å². The van der Waals surface area contributed by atoms with Gasteiger partial charge in [-0.25, -0.2) is 0 Å². The highest BCUT2D eigenvalue weighted by Crippen LogP contribution is 2.25. The monoisotopic (exact) mass is 314 g/mol. The predicted molar refractivity (Wildman–Crippen MR) is 90.1 cm³/mol. The molecule has 4 nitrogen and oxygen atoms in total. The van der Waals surface area contributed by atoms with Gasteiger partial charge in [0.25, 0.3) is 0 Å². The lowest BCUT2D eigenvalue weighted by Crippen LogP contribution is -2.38. The lowest BCUT2D eigenvalue weighted by molar-refractivity contribution is 0.0574. The van der Waals surface area contributed by atoms with Crippen molar-refractivity contribution in [1.29, 1.82) is 0 Å². The molecule has 1 saturated heterocycles. The Morgan fingerprint density at radius 1 is 1.22 bits per heavy atom. The number of hydrogen-bond acceptors (Lipinski definition) is 4. The fraction of sp³-hybridized carbons (Fsp3) is 0.526. The van der Waals surface area contributed by atoms with Gasteiger partial charge in [0, 0.05) is 12.1 Å². The molecule has 2 heterocycles. The first kappa shape index (κ1) is 16.2. The number of aryl methyl sites for hydroxylation is 2. The predicted octanol–water partition coefficient (Wildman–Crippen LogP) is 3.11. The molecule has 1 unspecified atom stereocenters. The zero-order valence-corrected chi connectivity index (χ0v) is 14.0. The first-order chi connectivity index (χ1) is 11.1. The Labute approximate surface area is 138 Å². The number of aliphatic hydroxyl groups is 1. The SMILES string of the molecule is Cc1noc(C)c1CN1CCC(C(O)Cc2ccccc2)CC1. The van der Waals surface area contributed by atoms with Gasteiger partial charge in [0.2, 0.25) is 0 Å². The molecule has 3 rings (SSSR count). The van der Waals surface area contributed by atoms with Crippen LogP contribution in [0.3, 0.4) is 0 Å². The van der Waals surface area contributed by atoms with Crippen LogP contribution in [0.1, 0.15) is 35.4 Å². The molecule has 0 spiro atoms. The van der Waals surface area contributed by atoms with Gasteiger partial charge in [-0.2, -0.15) is 0 Å². The summed E-state index contributed by atoms with van der Waals surface area (Å²) < 4.78 is 5.25. The Morgan fingerprint density at radius 2 is 1.91 bits per heavy atom. The summed E-state index contributed by atoms with van der Waals surface area (Å²) in [6.45, 7) is 6.94. The fourth-order valence-electron chi connectivity index (χ4n) is 3.47. The first-order valence-electron chi connectivity index (χ1n) is 8.49. The summed E-state index contributed by atoms with van der Waals surface area (Å²) in [5.41, 5.74) is 3.43. The van der Waals surface area contributed by atoms with E-state index < -0.39 is 0 Å². The summed E-state index contributed by atoms with van der Waals surface area (Å²) >= 11 is 0. The Balaban J connectivity index is 1.50. The third-order valence-electron chi connectivity index (χ3n) is 5.03. The molecule has 0 amide bonds. The average molecular weight is 314 g/mol. The molecule has 1 aliphatic rings. The van der Waals surface area contributed by atoms with E-state index in [1.165, 1.54) is 11.1 Å². The first-order valence-corrected chi connectivity index (χ1v) is 8.49. The summed E-state index contributed by atoms with van der Waals surface area (Å²) in [4.78, 5) is 2.44. The van der Waals surface area contributed by atoms with E-state index in [1.54, 1.807) is 0 Å². The molecule has 0 radical (unpaired) electrons. The van der Waals surface area contributed by atoms with E-state index >= 15 is 0 Å². The Morgan fingerprint density at radius 3 is 2.52 bits per heavy atom.